The molecule has 34 heavy (non-hydrogen) atoms. The fourth-order valence-corrected chi connectivity index (χ4v) is 5.99. The van der Waals surface area contributed by atoms with Crippen LogP contribution in [0.5, 0.6) is 5.75 Å². The second-order valence-corrected chi connectivity index (χ2v) is 9.74. The Bertz CT molecular complexity index is 902. The van der Waals surface area contributed by atoms with Crippen LogP contribution in [-0.2, 0) is 15.8 Å². The number of amides is 4. The lowest BCUT2D eigenvalue weighted by Gasteiger charge is -2.56. The van der Waals surface area contributed by atoms with Crippen LogP contribution < -0.4 is 26.2 Å². The highest BCUT2D eigenvalue weighted by atomic mass is 19.4. The average molecular weight is 483 g/mol. The third kappa shape index (κ3) is 6.12. The van der Waals surface area contributed by atoms with Crippen LogP contribution in [0.15, 0.2) is 24.3 Å². The van der Waals surface area contributed by atoms with E-state index in [1.807, 2.05) is 0 Å². The number of ether oxygens (including phenoxy) is 1. The summed E-state index contributed by atoms with van der Waals surface area (Å²) in [5.41, 5.74) is 3.30. The van der Waals surface area contributed by atoms with Crippen molar-refractivity contribution in [2.45, 2.75) is 56.7 Å². The average Bonchev–Trinajstić information content (AvgIpc) is 2.74. The number of nitrogens with one attached hydrogen (secondary N) is 4. The maximum atomic E-state index is 12.7. The smallest absolute Gasteiger partial charge is 0.416 e. The Labute approximate surface area is 195 Å². The molecule has 4 N–H and O–H groups in total. The monoisotopic (exact) mass is 482 g/mol. The van der Waals surface area contributed by atoms with Crippen LogP contribution in [0.3, 0.4) is 0 Å². The summed E-state index contributed by atoms with van der Waals surface area (Å²) in [5, 5.41) is 5.86. The van der Waals surface area contributed by atoms with Gasteiger partial charge in [0.2, 0.25) is 5.91 Å². The normalized spacial score (nSPS) is 27.1. The molecule has 5 rings (SSSR count). The Morgan fingerprint density at radius 1 is 0.971 bits per heavy atom. The maximum Gasteiger partial charge on any atom is 0.416 e. The standard InChI is InChI=1S/C23H29F3N4O4/c24-23(25,26)17-2-1-3-18(9-17)34-13-20(32)30-29-19(31)4-5-27-21(33)28-22-10-14-6-15(11-22)8-16(7-14)12-22/h1-3,9,14-16H,4-8,10-13H2,(H,29,31)(H,30,32)(H2,27,28,33). The molecule has 0 radical (unpaired) electrons. The van der Waals surface area contributed by atoms with Crippen molar-refractivity contribution >= 4 is 17.8 Å². The Kier molecular flexibility index (Phi) is 6.90. The van der Waals surface area contributed by atoms with E-state index in [1.54, 1.807) is 0 Å². The van der Waals surface area contributed by atoms with Crippen LogP contribution in [0.4, 0.5) is 18.0 Å². The number of carbonyl (C=O) groups excluding carboxylic acids is 3. The maximum absolute atomic E-state index is 12.7. The summed E-state index contributed by atoms with van der Waals surface area (Å²) in [5.74, 6) is 0.738. The van der Waals surface area contributed by atoms with E-state index in [0.29, 0.717) is 17.8 Å². The van der Waals surface area contributed by atoms with Crippen molar-refractivity contribution in [2.24, 2.45) is 17.8 Å². The van der Waals surface area contributed by atoms with Crippen molar-refractivity contribution < 1.29 is 32.3 Å². The fourth-order valence-electron chi connectivity index (χ4n) is 5.99. The van der Waals surface area contributed by atoms with Gasteiger partial charge in [-0.15, -0.1) is 0 Å². The van der Waals surface area contributed by atoms with Crippen LogP contribution in [0.2, 0.25) is 0 Å². The highest BCUT2D eigenvalue weighted by molar-refractivity contribution is 5.83. The SMILES string of the molecule is O=C(CCNC(=O)NC12CC3CC(CC(C3)C1)C2)NNC(=O)COc1cccc(C(F)(F)F)c1. The topological polar surface area (TPSA) is 109 Å². The Balaban J connectivity index is 1.11. The summed E-state index contributed by atoms with van der Waals surface area (Å²) in [6.07, 6.45) is 2.35. The van der Waals surface area contributed by atoms with Crippen LogP contribution in [0.25, 0.3) is 0 Å². The molecule has 8 nitrogen and oxygen atoms in total. The lowest BCUT2D eigenvalue weighted by Crippen LogP contribution is -2.61. The largest absolute Gasteiger partial charge is 0.484 e. The Morgan fingerprint density at radius 3 is 2.21 bits per heavy atom. The van der Waals surface area contributed by atoms with Crippen molar-refractivity contribution in [3.63, 3.8) is 0 Å². The zero-order chi connectivity index (χ0) is 24.3. The predicted octanol–water partition coefficient (Wildman–Crippen LogP) is 2.89. The van der Waals surface area contributed by atoms with E-state index in [-0.39, 0.29) is 30.3 Å². The third-order valence-corrected chi connectivity index (χ3v) is 6.93. The van der Waals surface area contributed by atoms with Gasteiger partial charge in [0.1, 0.15) is 5.75 Å². The summed E-state index contributed by atoms with van der Waals surface area (Å²) >= 11 is 0. The van der Waals surface area contributed by atoms with Crippen LogP contribution in [0.1, 0.15) is 50.5 Å². The van der Waals surface area contributed by atoms with Gasteiger partial charge in [-0.25, -0.2) is 4.79 Å². The second-order valence-electron chi connectivity index (χ2n) is 9.74. The highest BCUT2D eigenvalue weighted by Gasteiger charge is 2.51. The summed E-state index contributed by atoms with van der Waals surface area (Å²) in [6, 6.07) is 3.86. The van der Waals surface area contributed by atoms with Gasteiger partial charge in [0.15, 0.2) is 6.61 Å². The second kappa shape index (κ2) is 9.71. The van der Waals surface area contributed by atoms with Crippen molar-refractivity contribution in [1.82, 2.24) is 21.5 Å². The van der Waals surface area contributed by atoms with E-state index in [2.05, 4.69) is 21.5 Å². The quantitative estimate of drug-likeness (QED) is 0.448. The molecule has 1 aromatic rings. The van der Waals surface area contributed by atoms with Gasteiger partial charge in [-0.3, -0.25) is 20.4 Å². The van der Waals surface area contributed by atoms with Crippen molar-refractivity contribution in [2.75, 3.05) is 13.2 Å². The molecule has 0 saturated heterocycles. The van der Waals surface area contributed by atoms with Crippen LogP contribution in [0, 0.1) is 17.8 Å². The van der Waals surface area contributed by atoms with Gasteiger partial charge in [0, 0.05) is 18.5 Å². The molecule has 4 amide bonds. The number of urea groups is 1. The molecule has 0 aliphatic heterocycles. The third-order valence-electron chi connectivity index (χ3n) is 6.93. The molecular formula is C23H29F3N4O4. The molecule has 0 aromatic heterocycles. The van der Waals surface area contributed by atoms with Crippen molar-refractivity contribution in [3.8, 4) is 5.75 Å². The zero-order valence-corrected chi connectivity index (χ0v) is 18.7. The first-order valence-electron chi connectivity index (χ1n) is 11.5. The molecule has 0 atom stereocenters. The Morgan fingerprint density at radius 2 is 1.59 bits per heavy atom. The fraction of sp³-hybridized carbons (Fsp3) is 0.609. The molecule has 4 aliphatic carbocycles. The molecule has 11 heteroatoms. The molecule has 4 aliphatic rings. The summed E-state index contributed by atoms with van der Waals surface area (Å²) < 4.78 is 43.2. The predicted molar refractivity (Wildman–Crippen MR) is 115 cm³/mol. The first kappa shape index (κ1) is 24.2. The molecule has 1 aromatic carbocycles. The van der Waals surface area contributed by atoms with E-state index in [4.69, 9.17) is 4.74 Å². The summed E-state index contributed by atoms with van der Waals surface area (Å²) in [7, 11) is 0. The molecule has 4 saturated carbocycles. The molecule has 4 bridgehead atoms. The number of rotatable bonds is 7. The summed E-state index contributed by atoms with van der Waals surface area (Å²) in [4.78, 5) is 36.1. The molecule has 0 unspecified atom stereocenters. The number of hydrazine groups is 1. The molecule has 186 valence electrons. The molecule has 0 heterocycles. The van der Waals surface area contributed by atoms with E-state index < -0.39 is 30.2 Å². The lowest BCUT2D eigenvalue weighted by molar-refractivity contribution is -0.137. The van der Waals surface area contributed by atoms with Gasteiger partial charge in [-0.05, 0) is 74.5 Å². The van der Waals surface area contributed by atoms with Crippen LogP contribution >= 0.6 is 0 Å². The minimum absolute atomic E-state index is 0.0525. The van der Waals surface area contributed by atoms with Gasteiger partial charge in [0.25, 0.3) is 5.91 Å². The first-order valence-corrected chi connectivity index (χ1v) is 11.5. The number of hydrogen-bond donors (Lipinski definition) is 4. The van der Waals surface area contributed by atoms with Crippen LogP contribution in [-0.4, -0.2) is 36.5 Å². The zero-order valence-electron chi connectivity index (χ0n) is 18.7. The van der Waals surface area contributed by atoms with Gasteiger partial charge in [-0.2, -0.15) is 13.2 Å². The van der Waals surface area contributed by atoms with E-state index in [1.165, 1.54) is 31.4 Å². The van der Waals surface area contributed by atoms with Gasteiger partial charge >= 0.3 is 12.2 Å². The molecule has 4 fully saturated rings. The van der Waals surface area contributed by atoms with Gasteiger partial charge in [-0.1, -0.05) is 6.07 Å². The van der Waals surface area contributed by atoms with Gasteiger partial charge in [0.05, 0.1) is 5.56 Å². The highest BCUT2D eigenvalue weighted by Crippen LogP contribution is 2.55. The first-order chi connectivity index (χ1) is 16.1. The van der Waals surface area contributed by atoms with Crippen molar-refractivity contribution in [3.05, 3.63) is 29.8 Å². The number of hydrogen-bond acceptors (Lipinski definition) is 4. The molecule has 0 spiro atoms. The Hall–Kier alpha value is -2.98. The summed E-state index contributed by atoms with van der Waals surface area (Å²) in [6.45, 7) is -0.478. The lowest BCUT2D eigenvalue weighted by atomic mass is 9.53. The van der Waals surface area contributed by atoms with Crippen molar-refractivity contribution in [1.29, 1.82) is 0 Å². The number of carbonyl (C=O) groups is 3. The number of alkyl halides is 3. The van der Waals surface area contributed by atoms with Gasteiger partial charge < -0.3 is 15.4 Å². The minimum Gasteiger partial charge on any atom is -0.484 e. The van der Waals surface area contributed by atoms with E-state index >= 15 is 0 Å². The number of benzene rings is 1. The van der Waals surface area contributed by atoms with E-state index in [9.17, 15) is 27.6 Å². The number of halogens is 3. The molecular weight excluding hydrogens is 453 g/mol. The minimum atomic E-state index is -4.52. The van der Waals surface area contributed by atoms with E-state index in [0.717, 1.165) is 31.4 Å².